The van der Waals surface area contributed by atoms with E-state index in [4.69, 9.17) is 10.5 Å². The fourth-order valence-electron chi connectivity index (χ4n) is 2.31. The summed E-state index contributed by atoms with van der Waals surface area (Å²) in [4.78, 5) is 16.5. The van der Waals surface area contributed by atoms with Gasteiger partial charge in [-0.25, -0.2) is 4.98 Å². The lowest BCUT2D eigenvalue weighted by Crippen LogP contribution is -2.26. The van der Waals surface area contributed by atoms with Crippen LogP contribution in [0.25, 0.3) is 0 Å². The van der Waals surface area contributed by atoms with Crippen LogP contribution in [0.3, 0.4) is 0 Å². The summed E-state index contributed by atoms with van der Waals surface area (Å²) in [5.41, 5.74) is 7.06. The minimum atomic E-state index is -0.209. The summed E-state index contributed by atoms with van der Waals surface area (Å²) in [5, 5.41) is 2.82. The van der Waals surface area contributed by atoms with Crippen molar-refractivity contribution in [1.29, 1.82) is 0 Å². The van der Waals surface area contributed by atoms with Crippen molar-refractivity contribution in [2.24, 2.45) is 0 Å². The second-order valence-electron chi connectivity index (χ2n) is 4.69. The first kappa shape index (κ1) is 12.5. The van der Waals surface area contributed by atoms with Crippen molar-refractivity contribution in [2.75, 3.05) is 17.7 Å². The first-order valence-electron chi connectivity index (χ1n) is 6.48. The van der Waals surface area contributed by atoms with Crippen molar-refractivity contribution < 1.29 is 9.53 Å². The van der Waals surface area contributed by atoms with E-state index >= 15 is 0 Å². The second kappa shape index (κ2) is 5.21. The van der Waals surface area contributed by atoms with Crippen LogP contribution in [0.2, 0.25) is 0 Å². The number of ether oxygens (including phenoxy) is 1. The quantitative estimate of drug-likeness (QED) is 0.876. The van der Waals surface area contributed by atoms with Gasteiger partial charge in [-0.1, -0.05) is 18.2 Å². The molecule has 2 heterocycles. The molecule has 1 aromatic carbocycles. The molecule has 1 aromatic heterocycles. The number of fused-ring (bicyclic) bond motifs is 1. The van der Waals surface area contributed by atoms with Crippen molar-refractivity contribution in [2.45, 2.75) is 12.3 Å². The van der Waals surface area contributed by atoms with E-state index in [1.807, 2.05) is 24.3 Å². The van der Waals surface area contributed by atoms with Gasteiger partial charge < -0.3 is 15.8 Å². The molecule has 0 radical (unpaired) electrons. The number of nitrogens with zero attached hydrogens (tertiary/aromatic N) is 1. The normalized spacial score (nSPS) is 16.9. The number of para-hydroxylation sites is 1. The SMILES string of the molecule is Nc1ccc(NC(=O)C2CCOc3ccccc32)nc1. The summed E-state index contributed by atoms with van der Waals surface area (Å²) in [6, 6.07) is 11.0. The summed E-state index contributed by atoms with van der Waals surface area (Å²) in [5.74, 6) is 1.01. The number of anilines is 2. The Bertz CT molecular complexity index is 625. The number of carbonyl (C=O) groups is 1. The van der Waals surface area contributed by atoms with E-state index in [1.54, 1.807) is 12.1 Å². The number of nitrogens with two attached hydrogens (primary N) is 1. The lowest BCUT2D eigenvalue weighted by atomic mass is 9.92. The molecule has 1 amide bonds. The van der Waals surface area contributed by atoms with Gasteiger partial charge in [0.25, 0.3) is 0 Å². The molecule has 0 aliphatic carbocycles. The summed E-state index contributed by atoms with van der Waals surface area (Å²) >= 11 is 0. The van der Waals surface area contributed by atoms with E-state index in [2.05, 4.69) is 10.3 Å². The zero-order valence-electron chi connectivity index (χ0n) is 10.9. The molecule has 1 unspecified atom stereocenters. The highest BCUT2D eigenvalue weighted by atomic mass is 16.5. The third-order valence-corrected chi connectivity index (χ3v) is 3.31. The Morgan fingerprint density at radius 2 is 2.15 bits per heavy atom. The Kier molecular flexibility index (Phi) is 3.25. The Labute approximate surface area is 116 Å². The zero-order chi connectivity index (χ0) is 13.9. The van der Waals surface area contributed by atoms with Crippen molar-refractivity contribution in [1.82, 2.24) is 4.98 Å². The molecular weight excluding hydrogens is 254 g/mol. The van der Waals surface area contributed by atoms with E-state index in [9.17, 15) is 4.79 Å². The van der Waals surface area contributed by atoms with Crippen molar-refractivity contribution in [3.8, 4) is 5.75 Å². The molecule has 0 saturated carbocycles. The van der Waals surface area contributed by atoms with Gasteiger partial charge in [0.05, 0.1) is 24.4 Å². The molecule has 5 heteroatoms. The van der Waals surface area contributed by atoms with Gasteiger partial charge in [0.2, 0.25) is 5.91 Å². The molecule has 3 rings (SSSR count). The Hall–Kier alpha value is -2.56. The maximum atomic E-state index is 12.4. The van der Waals surface area contributed by atoms with Crippen LogP contribution >= 0.6 is 0 Å². The van der Waals surface area contributed by atoms with E-state index in [0.717, 1.165) is 11.3 Å². The van der Waals surface area contributed by atoms with Gasteiger partial charge >= 0.3 is 0 Å². The van der Waals surface area contributed by atoms with E-state index in [1.165, 1.54) is 6.20 Å². The molecule has 1 atom stereocenters. The maximum Gasteiger partial charge on any atom is 0.233 e. The number of hydrogen-bond acceptors (Lipinski definition) is 4. The minimum absolute atomic E-state index is 0.0713. The molecule has 0 saturated heterocycles. The highest BCUT2D eigenvalue weighted by molar-refractivity contribution is 5.95. The summed E-state index contributed by atoms with van der Waals surface area (Å²) in [6.45, 7) is 0.546. The molecule has 2 aromatic rings. The van der Waals surface area contributed by atoms with Crippen LogP contribution < -0.4 is 15.8 Å². The van der Waals surface area contributed by atoms with Gasteiger partial charge in [-0.3, -0.25) is 4.79 Å². The molecule has 3 N–H and O–H groups in total. The van der Waals surface area contributed by atoms with Gasteiger partial charge in [0.15, 0.2) is 0 Å². The lowest BCUT2D eigenvalue weighted by molar-refractivity contribution is -0.118. The Morgan fingerprint density at radius 1 is 1.30 bits per heavy atom. The highest BCUT2D eigenvalue weighted by Gasteiger charge is 2.27. The van der Waals surface area contributed by atoms with E-state index in [-0.39, 0.29) is 11.8 Å². The molecule has 0 fully saturated rings. The monoisotopic (exact) mass is 269 g/mol. The third-order valence-electron chi connectivity index (χ3n) is 3.31. The number of hydrogen-bond donors (Lipinski definition) is 2. The number of pyridine rings is 1. The average Bonchev–Trinajstić information content (AvgIpc) is 2.49. The lowest BCUT2D eigenvalue weighted by Gasteiger charge is -2.24. The fourth-order valence-corrected chi connectivity index (χ4v) is 2.31. The molecule has 0 spiro atoms. The average molecular weight is 269 g/mol. The standard InChI is InChI=1S/C15H15N3O2/c16-10-5-6-14(17-9-10)18-15(19)12-7-8-20-13-4-2-1-3-11(12)13/h1-6,9,12H,7-8,16H2,(H,17,18,19). The van der Waals surface area contributed by atoms with E-state index in [0.29, 0.717) is 24.5 Å². The molecule has 20 heavy (non-hydrogen) atoms. The molecule has 1 aliphatic rings. The molecular formula is C15H15N3O2. The highest BCUT2D eigenvalue weighted by Crippen LogP contribution is 2.33. The number of benzene rings is 1. The Balaban J connectivity index is 1.80. The summed E-state index contributed by atoms with van der Waals surface area (Å²) in [7, 11) is 0. The van der Waals surface area contributed by atoms with Gasteiger partial charge in [-0.2, -0.15) is 0 Å². The van der Waals surface area contributed by atoms with Crippen LogP contribution in [-0.4, -0.2) is 17.5 Å². The molecule has 5 nitrogen and oxygen atoms in total. The zero-order valence-corrected chi connectivity index (χ0v) is 10.9. The van der Waals surface area contributed by atoms with Crippen LogP contribution in [0.4, 0.5) is 11.5 Å². The van der Waals surface area contributed by atoms with Gasteiger partial charge in [-0.15, -0.1) is 0 Å². The molecule has 0 bridgehead atoms. The summed E-state index contributed by atoms with van der Waals surface area (Å²) < 4.78 is 5.56. The number of nitrogen functional groups attached to an aromatic ring is 1. The minimum Gasteiger partial charge on any atom is -0.493 e. The van der Waals surface area contributed by atoms with Crippen molar-refractivity contribution >= 4 is 17.4 Å². The topological polar surface area (TPSA) is 77.2 Å². The van der Waals surface area contributed by atoms with Gasteiger partial charge in [0, 0.05) is 5.56 Å². The van der Waals surface area contributed by atoms with Crippen LogP contribution in [0.1, 0.15) is 17.9 Å². The second-order valence-corrected chi connectivity index (χ2v) is 4.69. The number of aromatic nitrogens is 1. The van der Waals surface area contributed by atoms with Crippen molar-refractivity contribution in [3.63, 3.8) is 0 Å². The first-order chi connectivity index (χ1) is 9.74. The smallest absolute Gasteiger partial charge is 0.233 e. The van der Waals surface area contributed by atoms with E-state index < -0.39 is 0 Å². The first-order valence-corrected chi connectivity index (χ1v) is 6.48. The Morgan fingerprint density at radius 3 is 2.95 bits per heavy atom. The number of amides is 1. The third kappa shape index (κ3) is 2.42. The van der Waals surface area contributed by atoms with Crippen molar-refractivity contribution in [3.05, 3.63) is 48.2 Å². The fraction of sp³-hybridized carbons (Fsp3) is 0.200. The largest absolute Gasteiger partial charge is 0.493 e. The van der Waals surface area contributed by atoms with Gasteiger partial charge in [-0.05, 0) is 24.6 Å². The van der Waals surface area contributed by atoms with Crippen LogP contribution in [0.15, 0.2) is 42.6 Å². The molecule has 102 valence electrons. The number of carbonyl (C=O) groups excluding carboxylic acids is 1. The van der Waals surface area contributed by atoms with Crippen LogP contribution in [0.5, 0.6) is 5.75 Å². The van der Waals surface area contributed by atoms with Crippen LogP contribution in [0, 0.1) is 0 Å². The maximum absolute atomic E-state index is 12.4. The number of nitrogens with one attached hydrogen (secondary N) is 1. The predicted molar refractivity (Wildman–Crippen MR) is 76.6 cm³/mol. The summed E-state index contributed by atoms with van der Waals surface area (Å²) in [6.07, 6.45) is 2.19. The predicted octanol–water partition coefficient (Wildman–Crippen LogP) is 2.17. The van der Waals surface area contributed by atoms with Gasteiger partial charge in [0.1, 0.15) is 11.6 Å². The number of rotatable bonds is 2. The molecule has 1 aliphatic heterocycles. The van der Waals surface area contributed by atoms with Crippen LogP contribution in [-0.2, 0) is 4.79 Å².